The Labute approximate surface area is 204 Å². The summed E-state index contributed by atoms with van der Waals surface area (Å²) < 4.78 is 35.6. The minimum atomic E-state index is -1.06. The van der Waals surface area contributed by atoms with Gasteiger partial charge in [-0.05, 0) is 43.2 Å². The minimum Gasteiger partial charge on any atom is -0.490 e. The number of aliphatic carboxylic acids is 1. The molecule has 1 aliphatic carbocycles. The van der Waals surface area contributed by atoms with Crippen LogP contribution in [0.3, 0.4) is 0 Å². The fourth-order valence-electron chi connectivity index (χ4n) is 4.08. The fourth-order valence-corrected chi connectivity index (χ4v) is 5.06. The second-order valence-corrected chi connectivity index (χ2v) is 9.44. The van der Waals surface area contributed by atoms with E-state index in [9.17, 15) is 23.2 Å². The molecule has 0 unspecified atom stereocenters. The Hall–Kier alpha value is -3.53. The number of ether oxygens (including phenoxy) is 1. The summed E-state index contributed by atoms with van der Waals surface area (Å²) >= 11 is 1.35. The number of fused-ring (bicyclic) bond motifs is 1. The molecular weight excluding hydrogens is 478 g/mol. The fraction of sp³-hybridized carbons (Fsp3) is 0.320. The monoisotopic (exact) mass is 502 g/mol. The van der Waals surface area contributed by atoms with E-state index < -0.39 is 35.0 Å². The van der Waals surface area contributed by atoms with E-state index in [0.717, 1.165) is 22.2 Å². The maximum absolute atomic E-state index is 14.5. The van der Waals surface area contributed by atoms with Crippen molar-refractivity contribution in [2.45, 2.75) is 31.8 Å². The van der Waals surface area contributed by atoms with Gasteiger partial charge in [-0.2, -0.15) is 0 Å². The van der Waals surface area contributed by atoms with Crippen molar-refractivity contribution in [2.75, 3.05) is 13.1 Å². The van der Waals surface area contributed by atoms with Gasteiger partial charge in [-0.15, -0.1) is 11.3 Å². The Morgan fingerprint density at radius 3 is 2.20 bits per heavy atom. The second-order valence-electron chi connectivity index (χ2n) is 8.35. The van der Waals surface area contributed by atoms with E-state index in [1.54, 1.807) is 6.07 Å². The zero-order chi connectivity index (χ0) is 24.9. The average Bonchev–Trinajstić information content (AvgIpc) is 3.26. The minimum absolute atomic E-state index is 0.0145. The van der Waals surface area contributed by atoms with E-state index in [1.165, 1.54) is 11.3 Å². The van der Waals surface area contributed by atoms with Crippen molar-refractivity contribution < 1.29 is 33.0 Å². The van der Waals surface area contributed by atoms with Crippen molar-refractivity contribution in [2.24, 2.45) is 5.92 Å². The highest BCUT2D eigenvalue weighted by molar-refractivity contribution is 7.20. The van der Waals surface area contributed by atoms with Gasteiger partial charge >= 0.3 is 5.97 Å². The summed E-state index contributed by atoms with van der Waals surface area (Å²) in [5.41, 5.74) is -0.734. The summed E-state index contributed by atoms with van der Waals surface area (Å²) in [7, 11) is 0. The molecule has 35 heavy (non-hydrogen) atoms. The first kappa shape index (κ1) is 24.6. The van der Waals surface area contributed by atoms with Gasteiger partial charge in [0.25, 0.3) is 11.8 Å². The molecule has 2 aromatic carbocycles. The van der Waals surface area contributed by atoms with Crippen LogP contribution in [0, 0.1) is 17.6 Å². The van der Waals surface area contributed by atoms with Crippen molar-refractivity contribution in [3.05, 3.63) is 64.5 Å². The first-order chi connectivity index (χ1) is 16.8. The Morgan fingerprint density at radius 2 is 1.57 bits per heavy atom. The third-order valence-corrected chi connectivity index (χ3v) is 7.03. The van der Waals surface area contributed by atoms with Gasteiger partial charge in [-0.3, -0.25) is 14.4 Å². The average molecular weight is 503 g/mol. The topological polar surface area (TPSA) is 105 Å². The number of amides is 2. The molecule has 1 aromatic heterocycles. The molecule has 4 rings (SSSR count). The molecule has 184 valence electrons. The van der Waals surface area contributed by atoms with Crippen LogP contribution in [0.4, 0.5) is 8.78 Å². The van der Waals surface area contributed by atoms with E-state index in [2.05, 4.69) is 10.6 Å². The van der Waals surface area contributed by atoms with E-state index in [1.807, 2.05) is 24.3 Å². The van der Waals surface area contributed by atoms with Crippen LogP contribution in [-0.2, 0) is 4.79 Å². The van der Waals surface area contributed by atoms with Crippen molar-refractivity contribution in [1.82, 2.24) is 10.6 Å². The van der Waals surface area contributed by atoms with Crippen LogP contribution in [0.1, 0.15) is 45.7 Å². The lowest BCUT2D eigenvalue weighted by Crippen LogP contribution is -2.35. The van der Waals surface area contributed by atoms with Gasteiger partial charge in [-0.1, -0.05) is 18.2 Å². The van der Waals surface area contributed by atoms with Gasteiger partial charge in [0.1, 0.15) is 22.9 Å². The molecule has 0 bridgehead atoms. The first-order valence-electron chi connectivity index (χ1n) is 11.3. The first-order valence-corrected chi connectivity index (χ1v) is 12.1. The van der Waals surface area contributed by atoms with E-state index in [-0.39, 0.29) is 30.9 Å². The Bertz CT molecular complexity index is 1200. The molecule has 0 spiro atoms. The molecule has 0 atom stereocenters. The Balaban J connectivity index is 1.27. The maximum atomic E-state index is 14.5. The number of carboxylic acid groups (broad SMARTS) is 1. The summed E-state index contributed by atoms with van der Waals surface area (Å²) in [5, 5.41) is 15.1. The highest BCUT2D eigenvalue weighted by Gasteiger charge is 2.27. The summed E-state index contributed by atoms with van der Waals surface area (Å²) in [6.07, 6.45) is 1.47. The zero-order valence-electron chi connectivity index (χ0n) is 18.7. The molecule has 3 aromatic rings. The predicted octanol–water partition coefficient (Wildman–Crippen LogP) is 4.36. The normalized spacial score (nSPS) is 17.7. The van der Waals surface area contributed by atoms with E-state index >= 15 is 0 Å². The molecular formula is C25H24F2N2O5S. The van der Waals surface area contributed by atoms with Gasteiger partial charge in [0.2, 0.25) is 0 Å². The van der Waals surface area contributed by atoms with Crippen LogP contribution >= 0.6 is 11.3 Å². The summed E-state index contributed by atoms with van der Waals surface area (Å²) in [6, 6.07) is 11.3. The molecule has 2 amide bonds. The van der Waals surface area contributed by atoms with Crippen molar-refractivity contribution in [3.63, 3.8) is 0 Å². The second kappa shape index (κ2) is 10.8. The standard InChI is InChI=1S/C25H24F2N2O5S/c26-18-12-17(34-16-7-5-14(6-8-16)25(32)33)13-19(27)22(18)24(31)29-10-9-28-23(30)21-11-15-3-1-2-4-20(15)35-21/h1-4,11-14,16H,5-10H2,(H,28,30)(H,29,31)(H,32,33). The molecule has 1 aliphatic rings. The smallest absolute Gasteiger partial charge is 0.306 e. The molecule has 0 aliphatic heterocycles. The molecule has 10 heteroatoms. The highest BCUT2D eigenvalue weighted by atomic mass is 32.1. The number of benzene rings is 2. The van der Waals surface area contributed by atoms with Gasteiger partial charge in [0.15, 0.2) is 0 Å². The number of nitrogens with one attached hydrogen (secondary N) is 2. The lowest BCUT2D eigenvalue weighted by Gasteiger charge is -2.26. The quantitative estimate of drug-likeness (QED) is 0.397. The number of hydrogen-bond donors (Lipinski definition) is 3. The van der Waals surface area contributed by atoms with E-state index in [4.69, 9.17) is 9.84 Å². The van der Waals surface area contributed by atoms with Crippen LogP contribution in [-0.4, -0.2) is 42.1 Å². The van der Waals surface area contributed by atoms with Crippen LogP contribution in [0.25, 0.3) is 10.1 Å². The Kier molecular flexibility index (Phi) is 7.60. The zero-order valence-corrected chi connectivity index (χ0v) is 19.5. The lowest BCUT2D eigenvalue weighted by molar-refractivity contribution is -0.143. The SMILES string of the molecule is O=C(NCCNC(=O)c1c(F)cc(OC2CCC(C(=O)O)CC2)cc1F)c1cc2ccccc2s1. The number of thiophene rings is 1. The van der Waals surface area contributed by atoms with Gasteiger partial charge in [-0.25, -0.2) is 8.78 Å². The number of carboxylic acids is 1. The molecule has 3 N–H and O–H groups in total. The van der Waals surface area contributed by atoms with E-state index in [0.29, 0.717) is 30.6 Å². The van der Waals surface area contributed by atoms with Gasteiger partial charge in [0, 0.05) is 29.9 Å². The van der Waals surface area contributed by atoms with Crippen LogP contribution in [0.15, 0.2) is 42.5 Å². The number of carbonyl (C=O) groups is 3. The molecule has 1 heterocycles. The van der Waals surface area contributed by atoms with Crippen molar-refractivity contribution in [3.8, 4) is 5.75 Å². The maximum Gasteiger partial charge on any atom is 0.306 e. The summed E-state index contributed by atoms with van der Waals surface area (Å²) in [5.74, 6) is -4.69. The van der Waals surface area contributed by atoms with Gasteiger partial charge in [0.05, 0.1) is 16.9 Å². The number of rotatable bonds is 8. The summed E-state index contributed by atoms with van der Waals surface area (Å²) in [4.78, 5) is 36.2. The molecule has 0 saturated heterocycles. The number of carbonyl (C=O) groups excluding carboxylic acids is 2. The molecule has 7 nitrogen and oxygen atoms in total. The van der Waals surface area contributed by atoms with Crippen LogP contribution in [0.5, 0.6) is 5.75 Å². The predicted molar refractivity (Wildman–Crippen MR) is 127 cm³/mol. The lowest BCUT2D eigenvalue weighted by atomic mass is 9.87. The highest BCUT2D eigenvalue weighted by Crippen LogP contribution is 2.29. The molecule has 1 fully saturated rings. The molecule has 0 radical (unpaired) electrons. The third-order valence-electron chi connectivity index (χ3n) is 5.91. The summed E-state index contributed by atoms with van der Waals surface area (Å²) in [6.45, 7) is 0.0711. The number of hydrogen-bond acceptors (Lipinski definition) is 5. The Morgan fingerprint density at radius 1 is 0.943 bits per heavy atom. The van der Waals surface area contributed by atoms with Crippen molar-refractivity contribution >= 4 is 39.2 Å². The van der Waals surface area contributed by atoms with Crippen LogP contribution in [0.2, 0.25) is 0 Å². The number of halogens is 2. The third kappa shape index (κ3) is 5.94. The van der Waals surface area contributed by atoms with Crippen molar-refractivity contribution in [1.29, 1.82) is 0 Å². The largest absolute Gasteiger partial charge is 0.490 e. The van der Waals surface area contributed by atoms with Gasteiger partial charge < -0.3 is 20.5 Å². The van der Waals surface area contributed by atoms with Crippen LogP contribution < -0.4 is 15.4 Å². The molecule has 1 saturated carbocycles.